The average molecular weight is 253 g/mol. The van der Waals surface area contributed by atoms with E-state index in [-0.39, 0.29) is 11.7 Å². The number of hydrogen-bond acceptors (Lipinski definition) is 1. The topological polar surface area (TPSA) is 9.23 Å². The van der Waals surface area contributed by atoms with E-state index in [4.69, 9.17) is 16.3 Å². The van der Waals surface area contributed by atoms with Crippen molar-refractivity contribution < 1.29 is 9.13 Å². The molecule has 0 aliphatic heterocycles. The van der Waals surface area contributed by atoms with Crippen molar-refractivity contribution in [1.82, 2.24) is 0 Å². The summed E-state index contributed by atoms with van der Waals surface area (Å²) in [5.74, 6) is 6.90. The number of halogens is 2. The van der Waals surface area contributed by atoms with Crippen molar-refractivity contribution in [2.75, 3.05) is 12.5 Å². The van der Waals surface area contributed by atoms with Crippen molar-refractivity contribution >= 4 is 11.6 Å². The molecule has 0 aromatic heterocycles. The van der Waals surface area contributed by atoms with Gasteiger partial charge in [0.2, 0.25) is 0 Å². The fraction of sp³-hybridized carbons (Fsp3) is 0.429. The fourth-order valence-corrected chi connectivity index (χ4v) is 1.66. The highest BCUT2D eigenvalue weighted by Gasteiger charge is 2.20. The van der Waals surface area contributed by atoms with E-state index in [1.54, 1.807) is 6.07 Å². The van der Waals surface area contributed by atoms with Gasteiger partial charge in [0.05, 0.1) is 18.1 Å². The average Bonchev–Trinajstić information content (AvgIpc) is 3.12. The van der Waals surface area contributed by atoms with E-state index in [0.29, 0.717) is 17.9 Å². The van der Waals surface area contributed by atoms with Gasteiger partial charge in [-0.1, -0.05) is 24.7 Å². The minimum Gasteiger partial charge on any atom is -0.492 e. The van der Waals surface area contributed by atoms with Crippen LogP contribution in [0.5, 0.6) is 5.75 Å². The number of ether oxygens (including phenoxy) is 1. The first-order valence-corrected chi connectivity index (χ1v) is 6.30. The quantitative estimate of drug-likeness (QED) is 0.588. The van der Waals surface area contributed by atoms with Gasteiger partial charge in [-0.2, -0.15) is 0 Å². The molecule has 1 nitrogen and oxygen atoms in total. The lowest BCUT2D eigenvalue weighted by Gasteiger charge is -2.07. The summed E-state index contributed by atoms with van der Waals surface area (Å²) in [5, 5.41) is 0. The van der Waals surface area contributed by atoms with Crippen molar-refractivity contribution in [3.63, 3.8) is 0 Å². The second kappa shape index (κ2) is 5.93. The van der Waals surface area contributed by atoms with Crippen LogP contribution in [0.3, 0.4) is 0 Å². The maximum absolute atomic E-state index is 13.1. The van der Waals surface area contributed by atoms with Crippen LogP contribution in [0.1, 0.15) is 24.8 Å². The van der Waals surface area contributed by atoms with E-state index in [1.165, 1.54) is 25.0 Å². The van der Waals surface area contributed by atoms with E-state index in [2.05, 4.69) is 11.8 Å². The lowest BCUT2D eigenvalue weighted by molar-refractivity contribution is 0.300. The maximum atomic E-state index is 13.1. The van der Waals surface area contributed by atoms with Gasteiger partial charge in [0.25, 0.3) is 0 Å². The molecule has 0 heterocycles. The first-order chi connectivity index (χ1) is 8.29. The second-order valence-electron chi connectivity index (χ2n) is 4.16. The predicted octanol–water partition coefficient (Wildman–Crippen LogP) is 3.59. The normalized spacial score (nSPS) is 14.0. The van der Waals surface area contributed by atoms with Gasteiger partial charge >= 0.3 is 0 Å². The molecule has 1 fully saturated rings. The van der Waals surface area contributed by atoms with Crippen LogP contribution in [0.2, 0.25) is 0 Å². The molecular weight excluding hydrogens is 239 g/mol. The van der Waals surface area contributed by atoms with Gasteiger partial charge in [0, 0.05) is 6.07 Å². The summed E-state index contributed by atoms with van der Waals surface area (Å²) in [6, 6.07) is 4.39. The Hall–Kier alpha value is -1.20. The van der Waals surface area contributed by atoms with Crippen LogP contribution in [-0.2, 0) is 0 Å². The van der Waals surface area contributed by atoms with E-state index in [9.17, 15) is 4.39 Å². The van der Waals surface area contributed by atoms with Crippen LogP contribution >= 0.6 is 11.6 Å². The van der Waals surface area contributed by atoms with Gasteiger partial charge < -0.3 is 4.74 Å². The zero-order valence-corrected chi connectivity index (χ0v) is 10.3. The van der Waals surface area contributed by atoms with Crippen molar-refractivity contribution in [2.24, 2.45) is 5.92 Å². The molecule has 0 bridgehead atoms. The molecule has 90 valence electrons. The first-order valence-electron chi connectivity index (χ1n) is 5.77. The van der Waals surface area contributed by atoms with E-state index in [0.717, 1.165) is 12.3 Å². The molecule has 1 aliphatic rings. The summed E-state index contributed by atoms with van der Waals surface area (Å²) < 4.78 is 18.7. The molecule has 1 aromatic rings. The zero-order valence-electron chi connectivity index (χ0n) is 9.51. The number of rotatable bonds is 4. The standard InChI is InChI=1S/C14H14ClFO/c15-8-1-2-12-5-6-13(16)10-14(12)17-9-7-11-3-4-11/h5-6,10-11H,3-4,7-9H2. The largest absolute Gasteiger partial charge is 0.492 e. The fourth-order valence-electron chi connectivity index (χ4n) is 1.59. The molecule has 2 rings (SSSR count). The van der Waals surface area contributed by atoms with Crippen LogP contribution in [0, 0.1) is 23.6 Å². The Morgan fingerprint density at radius 2 is 2.24 bits per heavy atom. The second-order valence-corrected chi connectivity index (χ2v) is 4.42. The molecule has 1 saturated carbocycles. The van der Waals surface area contributed by atoms with E-state index >= 15 is 0 Å². The summed E-state index contributed by atoms with van der Waals surface area (Å²) in [6.07, 6.45) is 3.63. The third-order valence-corrected chi connectivity index (χ3v) is 2.85. The van der Waals surface area contributed by atoms with Gasteiger partial charge in [-0.15, -0.1) is 11.6 Å². The smallest absolute Gasteiger partial charge is 0.137 e. The molecule has 0 spiro atoms. The summed E-state index contributed by atoms with van der Waals surface area (Å²) in [5.41, 5.74) is 0.697. The molecule has 1 aliphatic carbocycles. The van der Waals surface area contributed by atoms with Gasteiger partial charge in [-0.05, 0) is 24.5 Å². The Labute approximate surface area is 106 Å². The van der Waals surface area contributed by atoms with Crippen LogP contribution < -0.4 is 4.74 Å². The summed E-state index contributed by atoms with van der Waals surface area (Å²) in [6.45, 7) is 0.629. The summed E-state index contributed by atoms with van der Waals surface area (Å²) >= 11 is 5.50. The van der Waals surface area contributed by atoms with Gasteiger partial charge in [-0.3, -0.25) is 0 Å². The minimum absolute atomic E-state index is 0.263. The molecule has 1 aromatic carbocycles. The van der Waals surface area contributed by atoms with Crippen molar-refractivity contribution in [3.8, 4) is 17.6 Å². The van der Waals surface area contributed by atoms with Crippen molar-refractivity contribution in [2.45, 2.75) is 19.3 Å². The van der Waals surface area contributed by atoms with Gasteiger partial charge in [0.15, 0.2) is 0 Å². The van der Waals surface area contributed by atoms with Crippen molar-refractivity contribution in [1.29, 1.82) is 0 Å². The van der Waals surface area contributed by atoms with E-state index < -0.39 is 0 Å². The molecule has 0 unspecified atom stereocenters. The van der Waals surface area contributed by atoms with Crippen LogP contribution in [0.25, 0.3) is 0 Å². The Bertz CT molecular complexity index is 443. The molecular formula is C14H14ClFO. The Morgan fingerprint density at radius 3 is 2.94 bits per heavy atom. The lowest BCUT2D eigenvalue weighted by atomic mass is 10.2. The third kappa shape index (κ3) is 3.94. The minimum atomic E-state index is -0.303. The highest BCUT2D eigenvalue weighted by Crippen LogP contribution is 2.32. The monoisotopic (exact) mass is 252 g/mol. The molecule has 0 radical (unpaired) electrons. The molecule has 0 atom stereocenters. The number of alkyl halides is 1. The SMILES string of the molecule is Fc1ccc(C#CCCl)c(OCCC2CC2)c1. The van der Waals surface area contributed by atoms with Gasteiger partial charge in [-0.25, -0.2) is 4.39 Å². The Morgan fingerprint density at radius 1 is 1.41 bits per heavy atom. The van der Waals surface area contributed by atoms with E-state index in [1.807, 2.05) is 0 Å². The zero-order chi connectivity index (χ0) is 12.1. The van der Waals surface area contributed by atoms with Crippen LogP contribution in [0.15, 0.2) is 18.2 Å². The first kappa shape index (κ1) is 12.3. The molecule has 3 heteroatoms. The van der Waals surface area contributed by atoms with Crippen LogP contribution in [-0.4, -0.2) is 12.5 Å². The number of benzene rings is 1. The molecule has 17 heavy (non-hydrogen) atoms. The molecule has 0 saturated heterocycles. The summed E-state index contributed by atoms with van der Waals surface area (Å²) in [7, 11) is 0. The van der Waals surface area contributed by atoms with Crippen molar-refractivity contribution in [3.05, 3.63) is 29.6 Å². The number of hydrogen-bond donors (Lipinski definition) is 0. The summed E-state index contributed by atoms with van der Waals surface area (Å²) in [4.78, 5) is 0. The van der Waals surface area contributed by atoms with Gasteiger partial charge in [0.1, 0.15) is 11.6 Å². The lowest BCUT2D eigenvalue weighted by Crippen LogP contribution is -2.00. The maximum Gasteiger partial charge on any atom is 0.137 e. The Balaban J connectivity index is 2.02. The molecule has 0 N–H and O–H groups in total. The predicted molar refractivity (Wildman–Crippen MR) is 66.8 cm³/mol. The Kier molecular flexibility index (Phi) is 4.28. The highest BCUT2D eigenvalue weighted by atomic mass is 35.5. The third-order valence-electron chi connectivity index (χ3n) is 2.71. The van der Waals surface area contributed by atoms with Crippen LogP contribution in [0.4, 0.5) is 4.39 Å². The molecule has 0 amide bonds. The highest BCUT2D eigenvalue weighted by molar-refractivity contribution is 6.19.